The molecule has 1 aromatic heterocycles. The smallest absolute Gasteiger partial charge is 0.253 e. The lowest BCUT2D eigenvalue weighted by Crippen LogP contribution is -2.28. The van der Waals surface area contributed by atoms with Gasteiger partial charge in [-0.05, 0) is 50.0 Å². The maximum absolute atomic E-state index is 12.5. The normalized spacial score (nSPS) is 16.8. The molecule has 3 N–H and O–H groups in total. The molecule has 1 fully saturated rings. The van der Waals surface area contributed by atoms with E-state index in [2.05, 4.69) is 15.3 Å². The number of fused-ring (bicyclic) bond motifs is 1. The van der Waals surface area contributed by atoms with Crippen molar-refractivity contribution in [1.29, 1.82) is 10.8 Å². The molecule has 1 saturated carbocycles. The van der Waals surface area contributed by atoms with Gasteiger partial charge in [-0.25, -0.2) is 9.97 Å². The van der Waals surface area contributed by atoms with Gasteiger partial charge in [-0.3, -0.25) is 10.2 Å². The number of hydrogen-bond acceptors (Lipinski definition) is 7. The van der Waals surface area contributed by atoms with Gasteiger partial charge in [0.25, 0.3) is 5.91 Å². The van der Waals surface area contributed by atoms with Crippen molar-refractivity contribution < 1.29 is 4.79 Å². The van der Waals surface area contributed by atoms with Gasteiger partial charge in [0.1, 0.15) is 17.2 Å². The Morgan fingerprint density at radius 3 is 2.57 bits per heavy atom. The molecule has 2 heterocycles. The van der Waals surface area contributed by atoms with E-state index in [0.29, 0.717) is 46.0 Å². The number of benzene rings is 1. The van der Waals surface area contributed by atoms with Gasteiger partial charge in [-0.15, -0.1) is 0 Å². The fourth-order valence-electron chi connectivity index (χ4n) is 3.35. The number of rotatable bonds is 6. The summed E-state index contributed by atoms with van der Waals surface area (Å²) in [6.45, 7) is 4.11. The molecule has 30 heavy (non-hydrogen) atoms. The molecule has 0 bridgehead atoms. The van der Waals surface area contributed by atoms with Gasteiger partial charge in [-0.2, -0.15) is 0 Å². The number of nitrogens with zero attached hydrogens (tertiary/aromatic N) is 3. The number of carbonyl (C=O) groups is 1. The molecule has 4 rings (SSSR count). The second-order valence-electron chi connectivity index (χ2n) is 7.65. The average Bonchev–Trinajstić information content (AvgIpc) is 3.53. The Hall–Kier alpha value is -3.00. The van der Waals surface area contributed by atoms with Crippen LogP contribution in [0, 0.1) is 10.8 Å². The molecule has 0 saturated heterocycles. The molecule has 8 heteroatoms. The molecule has 154 valence electrons. The summed E-state index contributed by atoms with van der Waals surface area (Å²) in [7, 11) is 1.87. The van der Waals surface area contributed by atoms with E-state index in [9.17, 15) is 4.79 Å². The Morgan fingerprint density at radius 2 is 1.93 bits per heavy atom. The van der Waals surface area contributed by atoms with Gasteiger partial charge in [0.2, 0.25) is 0 Å². The molecule has 0 atom stereocenters. The maximum atomic E-state index is 12.5. The number of hydrogen-bond donors (Lipinski definition) is 3. The summed E-state index contributed by atoms with van der Waals surface area (Å²) in [6, 6.07) is 8.03. The SMILES string of the molecule is CC(=N)/C(C)=C1\C(=N)Sc2c(NCc3ccc(C(=O)N(C)C4CC4)cc3)ncnc21. The zero-order valence-electron chi connectivity index (χ0n) is 17.2. The van der Waals surface area contributed by atoms with E-state index >= 15 is 0 Å². The van der Waals surface area contributed by atoms with Crippen molar-refractivity contribution >= 4 is 39.8 Å². The second kappa shape index (κ2) is 8.02. The maximum Gasteiger partial charge on any atom is 0.253 e. The van der Waals surface area contributed by atoms with Crippen LogP contribution in [0.5, 0.6) is 0 Å². The molecule has 1 aliphatic heterocycles. The summed E-state index contributed by atoms with van der Waals surface area (Å²) < 4.78 is 0. The van der Waals surface area contributed by atoms with Gasteiger partial charge in [0, 0.05) is 36.5 Å². The minimum Gasteiger partial charge on any atom is -0.365 e. The Bertz CT molecular complexity index is 1070. The Morgan fingerprint density at radius 1 is 1.23 bits per heavy atom. The zero-order valence-corrected chi connectivity index (χ0v) is 18.1. The van der Waals surface area contributed by atoms with Gasteiger partial charge in [0.05, 0.1) is 10.6 Å². The average molecular weight is 421 g/mol. The third kappa shape index (κ3) is 3.87. The number of thioether (sulfide) groups is 1. The van der Waals surface area contributed by atoms with Crippen molar-refractivity contribution in [1.82, 2.24) is 14.9 Å². The predicted molar refractivity (Wildman–Crippen MR) is 120 cm³/mol. The van der Waals surface area contributed by atoms with E-state index in [-0.39, 0.29) is 5.91 Å². The number of anilines is 1. The van der Waals surface area contributed by atoms with Crippen LogP contribution in [0.4, 0.5) is 5.82 Å². The highest BCUT2D eigenvalue weighted by molar-refractivity contribution is 8.15. The van der Waals surface area contributed by atoms with Crippen LogP contribution in [0.2, 0.25) is 0 Å². The number of allylic oxidation sites excluding steroid dienone is 1. The van der Waals surface area contributed by atoms with Crippen LogP contribution < -0.4 is 5.32 Å². The first-order valence-corrected chi connectivity index (χ1v) is 10.7. The lowest BCUT2D eigenvalue weighted by molar-refractivity contribution is 0.0785. The Labute approximate surface area is 180 Å². The van der Waals surface area contributed by atoms with Crippen molar-refractivity contribution in [2.75, 3.05) is 12.4 Å². The quantitative estimate of drug-likeness (QED) is 0.607. The van der Waals surface area contributed by atoms with Crippen LogP contribution >= 0.6 is 11.8 Å². The third-order valence-electron chi connectivity index (χ3n) is 5.49. The van der Waals surface area contributed by atoms with Crippen molar-refractivity contribution in [2.24, 2.45) is 0 Å². The van der Waals surface area contributed by atoms with Gasteiger partial charge >= 0.3 is 0 Å². The molecule has 0 spiro atoms. The van der Waals surface area contributed by atoms with Crippen molar-refractivity contribution in [3.05, 3.63) is 53.0 Å². The van der Waals surface area contributed by atoms with Crippen LogP contribution in [0.3, 0.4) is 0 Å². The Kier molecular flexibility index (Phi) is 5.42. The van der Waals surface area contributed by atoms with E-state index in [1.54, 1.807) is 6.92 Å². The van der Waals surface area contributed by atoms with E-state index < -0.39 is 0 Å². The third-order valence-corrected chi connectivity index (χ3v) is 6.48. The fraction of sp³-hybridized carbons (Fsp3) is 0.318. The molecule has 0 unspecified atom stereocenters. The molecule has 1 amide bonds. The summed E-state index contributed by atoms with van der Waals surface area (Å²) in [4.78, 5) is 23.8. The van der Waals surface area contributed by atoms with Crippen molar-refractivity contribution in [3.63, 3.8) is 0 Å². The lowest BCUT2D eigenvalue weighted by Gasteiger charge is -2.16. The highest BCUT2D eigenvalue weighted by atomic mass is 32.2. The van der Waals surface area contributed by atoms with Crippen molar-refractivity contribution in [2.45, 2.75) is 44.2 Å². The summed E-state index contributed by atoms with van der Waals surface area (Å²) >= 11 is 1.32. The second-order valence-corrected chi connectivity index (χ2v) is 8.67. The van der Waals surface area contributed by atoms with Crippen LogP contribution in [0.1, 0.15) is 48.3 Å². The first kappa shape index (κ1) is 20.3. The van der Waals surface area contributed by atoms with Gasteiger partial charge in [0.15, 0.2) is 0 Å². The van der Waals surface area contributed by atoms with E-state index in [0.717, 1.165) is 28.9 Å². The highest BCUT2D eigenvalue weighted by Crippen LogP contribution is 2.44. The highest BCUT2D eigenvalue weighted by Gasteiger charge is 2.30. The van der Waals surface area contributed by atoms with Gasteiger partial charge in [-0.1, -0.05) is 23.9 Å². The van der Waals surface area contributed by atoms with E-state index in [4.69, 9.17) is 10.8 Å². The summed E-state index contributed by atoms with van der Waals surface area (Å²) in [6.07, 6.45) is 3.68. The van der Waals surface area contributed by atoms with E-state index in [1.165, 1.54) is 18.1 Å². The lowest BCUT2D eigenvalue weighted by atomic mass is 10.0. The summed E-state index contributed by atoms with van der Waals surface area (Å²) in [5, 5.41) is 19.9. The number of amides is 1. The Balaban J connectivity index is 1.49. The molecule has 1 aliphatic carbocycles. The molecular formula is C22H24N6OS. The van der Waals surface area contributed by atoms with Crippen LogP contribution in [0.15, 0.2) is 41.1 Å². The van der Waals surface area contributed by atoms with Crippen molar-refractivity contribution in [3.8, 4) is 0 Å². The molecular weight excluding hydrogens is 396 g/mol. The monoisotopic (exact) mass is 420 g/mol. The minimum atomic E-state index is 0.0664. The fourth-order valence-corrected chi connectivity index (χ4v) is 4.38. The molecule has 7 nitrogen and oxygen atoms in total. The standard InChI is InChI=1S/C22H24N6OS/c1-12(13(2)23)17-18-19(30-20(17)24)21(27-11-26-18)25-10-14-4-6-15(7-5-14)22(29)28(3)16-8-9-16/h4-7,11,16,23-24H,8-10H2,1-3H3,(H,25,26,27)/b17-12-,23-13?,24-20?. The zero-order chi connectivity index (χ0) is 21.4. The summed E-state index contributed by atoms with van der Waals surface area (Å²) in [5.41, 5.74) is 4.33. The molecule has 1 aromatic carbocycles. The number of carbonyl (C=O) groups excluding carboxylic acids is 1. The van der Waals surface area contributed by atoms with Crippen LogP contribution in [-0.4, -0.2) is 44.6 Å². The van der Waals surface area contributed by atoms with E-state index in [1.807, 2.05) is 43.1 Å². The minimum absolute atomic E-state index is 0.0664. The first-order valence-electron chi connectivity index (χ1n) is 9.85. The van der Waals surface area contributed by atoms with Crippen LogP contribution in [-0.2, 0) is 6.54 Å². The van der Waals surface area contributed by atoms with Crippen LogP contribution in [0.25, 0.3) is 5.57 Å². The first-order chi connectivity index (χ1) is 14.4. The number of aromatic nitrogens is 2. The molecule has 2 aromatic rings. The molecule has 0 radical (unpaired) electrons. The topological polar surface area (TPSA) is 106 Å². The largest absolute Gasteiger partial charge is 0.365 e. The summed E-state index contributed by atoms with van der Waals surface area (Å²) in [5.74, 6) is 0.741. The number of nitrogens with one attached hydrogen (secondary N) is 3. The predicted octanol–water partition coefficient (Wildman–Crippen LogP) is 4.22. The molecule has 2 aliphatic rings. The van der Waals surface area contributed by atoms with Gasteiger partial charge < -0.3 is 15.6 Å².